The van der Waals surface area contributed by atoms with Gasteiger partial charge in [-0.25, -0.2) is 0 Å². The second-order valence-corrected chi connectivity index (χ2v) is 7.39. The van der Waals surface area contributed by atoms with Crippen LogP contribution >= 0.6 is 0 Å². The summed E-state index contributed by atoms with van der Waals surface area (Å²) in [5, 5.41) is 3.15. The molecule has 1 aliphatic carbocycles. The number of methoxy groups -OCH3 is 1. The van der Waals surface area contributed by atoms with Gasteiger partial charge in [-0.3, -0.25) is 4.79 Å². The van der Waals surface area contributed by atoms with E-state index in [1.54, 1.807) is 7.11 Å². The van der Waals surface area contributed by atoms with Crippen molar-refractivity contribution in [3.8, 4) is 11.5 Å². The average Bonchev–Trinajstić information content (AvgIpc) is 2.75. The van der Waals surface area contributed by atoms with Crippen molar-refractivity contribution in [3.63, 3.8) is 0 Å². The normalized spacial score (nSPS) is 15.2. The Morgan fingerprint density at radius 3 is 2.29 bits per heavy atom. The summed E-state index contributed by atoms with van der Waals surface area (Å²) in [6, 6.07) is 14.1. The maximum absolute atomic E-state index is 12.9. The smallest absolute Gasteiger partial charge is 0.261 e. The Kier molecular flexibility index (Phi) is 6.96. The summed E-state index contributed by atoms with van der Waals surface area (Å²) in [5.74, 6) is 1.54. The minimum atomic E-state index is -0.492. The van der Waals surface area contributed by atoms with Crippen LogP contribution in [0, 0.1) is 0 Å². The molecule has 1 aliphatic rings. The molecule has 0 saturated heterocycles. The number of nitrogens with one attached hydrogen (secondary N) is 1. The number of benzene rings is 2. The van der Waals surface area contributed by atoms with Crippen LogP contribution in [-0.2, 0) is 17.6 Å². The Hall–Kier alpha value is -2.49. The minimum absolute atomic E-state index is 0.0420. The van der Waals surface area contributed by atoms with Gasteiger partial charge in [0.2, 0.25) is 0 Å². The Morgan fingerprint density at radius 1 is 0.964 bits per heavy atom. The summed E-state index contributed by atoms with van der Waals surface area (Å²) < 4.78 is 11.3. The molecule has 4 nitrogen and oxygen atoms in total. The molecule has 1 N–H and O–H groups in total. The van der Waals surface area contributed by atoms with E-state index in [1.165, 1.54) is 24.0 Å². The molecule has 0 saturated carbocycles. The van der Waals surface area contributed by atoms with Gasteiger partial charge in [-0.05, 0) is 79.5 Å². The molecule has 150 valence electrons. The fourth-order valence-corrected chi connectivity index (χ4v) is 3.79. The Balaban J connectivity index is 1.66. The molecule has 2 aromatic carbocycles. The van der Waals surface area contributed by atoms with Crippen LogP contribution in [0.2, 0.25) is 0 Å². The van der Waals surface area contributed by atoms with Crippen molar-refractivity contribution in [1.29, 1.82) is 0 Å². The molecule has 0 aromatic heterocycles. The first-order valence-corrected chi connectivity index (χ1v) is 10.4. The minimum Gasteiger partial charge on any atom is -0.497 e. The number of carbonyl (C=O) groups excluding carboxylic acids is 1. The Morgan fingerprint density at radius 2 is 1.64 bits per heavy atom. The van der Waals surface area contributed by atoms with E-state index in [4.69, 9.17) is 9.47 Å². The average molecular weight is 382 g/mol. The van der Waals surface area contributed by atoms with Crippen LogP contribution in [0.25, 0.3) is 0 Å². The highest BCUT2D eigenvalue weighted by molar-refractivity contribution is 5.81. The van der Waals surface area contributed by atoms with E-state index in [9.17, 15) is 4.79 Å². The van der Waals surface area contributed by atoms with E-state index < -0.39 is 6.10 Å². The predicted octanol–water partition coefficient (Wildman–Crippen LogP) is 5.00. The summed E-state index contributed by atoms with van der Waals surface area (Å²) in [5.41, 5.74) is 3.85. The number of carbonyl (C=O) groups is 1. The van der Waals surface area contributed by atoms with E-state index >= 15 is 0 Å². The van der Waals surface area contributed by atoms with Crippen LogP contribution in [0.15, 0.2) is 42.5 Å². The third-order valence-electron chi connectivity index (χ3n) is 5.50. The van der Waals surface area contributed by atoms with Crippen LogP contribution in [0.4, 0.5) is 0 Å². The zero-order chi connectivity index (χ0) is 19.9. The van der Waals surface area contributed by atoms with Gasteiger partial charge < -0.3 is 14.8 Å². The number of aryl methyl sites for hydroxylation is 2. The van der Waals surface area contributed by atoms with Crippen molar-refractivity contribution in [2.45, 2.75) is 64.5 Å². The molecule has 1 amide bonds. The molecule has 0 radical (unpaired) electrons. The summed E-state index contributed by atoms with van der Waals surface area (Å²) in [7, 11) is 1.65. The zero-order valence-corrected chi connectivity index (χ0v) is 17.2. The number of hydrogen-bond acceptors (Lipinski definition) is 3. The van der Waals surface area contributed by atoms with Gasteiger partial charge in [0.15, 0.2) is 6.10 Å². The first-order chi connectivity index (χ1) is 13.6. The Labute approximate surface area is 168 Å². The fraction of sp³-hybridized carbons (Fsp3) is 0.458. The number of hydrogen-bond donors (Lipinski definition) is 1. The first-order valence-electron chi connectivity index (χ1n) is 10.4. The van der Waals surface area contributed by atoms with E-state index in [-0.39, 0.29) is 11.9 Å². The highest BCUT2D eigenvalue weighted by Crippen LogP contribution is 2.26. The second kappa shape index (κ2) is 9.63. The van der Waals surface area contributed by atoms with Gasteiger partial charge in [0.05, 0.1) is 13.2 Å². The topological polar surface area (TPSA) is 47.6 Å². The summed E-state index contributed by atoms with van der Waals surface area (Å²) in [6.45, 7) is 4.05. The van der Waals surface area contributed by atoms with Crippen LogP contribution in [0.1, 0.15) is 62.3 Å². The predicted molar refractivity (Wildman–Crippen MR) is 112 cm³/mol. The lowest BCUT2D eigenvalue weighted by Crippen LogP contribution is -2.40. The van der Waals surface area contributed by atoms with Crippen LogP contribution in [0.5, 0.6) is 11.5 Å². The molecule has 0 spiro atoms. The van der Waals surface area contributed by atoms with Gasteiger partial charge >= 0.3 is 0 Å². The summed E-state index contributed by atoms with van der Waals surface area (Å²) >= 11 is 0. The van der Waals surface area contributed by atoms with Gasteiger partial charge in [-0.15, -0.1) is 0 Å². The highest BCUT2D eigenvalue weighted by atomic mass is 16.5. The molecule has 3 rings (SSSR count). The van der Waals surface area contributed by atoms with Crippen LogP contribution in [0.3, 0.4) is 0 Å². The van der Waals surface area contributed by atoms with Gasteiger partial charge in [0, 0.05) is 0 Å². The molecule has 2 aromatic rings. The summed E-state index contributed by atoms with van der Waals surface area (Å²) in [4.78, 5) is 12.9. The van der Waals surface area contributed by atoms with Crippen molar-refractivity contribution < 1.29 is 14.3 Å². The van der Waals surface area contributed by atoms with Crippen molar-refractivity contribution in [1.82, 2.24) is 5.32 Å². The molecule has 2 atom stereocenters. The van der Waals surface area contributed by atoms with Crippen LogP contribution in [-0.4, -0.2) is 19.1 Å². The summed E-state index contributed by atoms with van der Waals surface area (Å²) in [6.07, 6.45) is 5.69. The molecule has 0 unspecified atom stereocenters. The van der Waals surface area contributed by atoms with Gasteiger partial charge in [0.25, 0.3) is 5.91 Å². The molecule has 0 heterocycles. The molecule has 0 bridgehead atoms. The molecular formula is C24H31NO3. The lowest BCUT2D eigenvalue weighted by Gasteiger charge is -2.23. The molecule has 4 heteroatoms. The molecule has 0 aliphatic heterocycles. The van der Waals surface area contributed by atoms with Crippen LogP contribution < -0.4 is 14.8 Å². The molecule has 28 heavy (non-hydrogen) atoms. The van der Waals surface area contributed by atoms with E-state index in [0.29, 0.717) is 6.42 Å². The molecule has 0 fully saturated rings. The standard InChI is InChI=1S/C24H31NO3/c1-4-22(18-11-13-20(27-3)14-12-18)25-24(26)23(5-2)28-21-15-10-17-8-6-7-9-19(17)16-21/h10-16,22-23H,4-9H2,1-3H3,(H,25,26)/t22-,23+/m1/s1. The van der Waals surface area contributed by atoms with Crippen molar-refractivity contribution >= 4 is 5.91 Å². The third kappa shape index (κ3) is 4.86. The monoisotopic (exact) mass is 381 g/mol. The highest BCUT2D eigenvalue weighted by Gasteiger charge is 2.22. The van der Waals surface area contributed by atoms with E-state index in [2.05, 4.69) is 24.4 Å². The van der Waals surface area contributed by atoms with Crippen molar-refractivity contribution in [3.05, 3.63) is 59.2 Å². The fourth-order valence-electron chi connectivity index (χ4n) is 3.79. The van der Waals surface area contributed by atoms with Crippen molar-refractivity contribution in [2.75, 3.05) is 7.11 Å². The van der Waals surface area contributed by atoms with E-state index in [1.807, 2.05) is 37.3 Å². The number of amides is 1. The van der Waals surface area contributed by atoms with Gasteiger partial charge in [-0.2, -0.15) is 0 Å². The number of rotatable bonds is 8. The lowest BCUT2D eigenvalue weighted by molar-refractivity contribution is -0.128. The zero-order valence-electron chi connectivity index (χ0n) is 17.2. The maximum atomic E-state index is 12.9. The SMILES string of the molecule is CC[C@H](Oc1ccc2c(c1)CCCC2)C(=O)N[C@H](CC)c1ccc(OC)cc1. The first kappa shape index (κ1) is 20.2. The lowest BCUT2D eigenvalue weighted by atomic mass is 9.92. The Bertz CT molecular complexity index is 785. The van der Waals surface area contributed by atoms with Gasteiger partial charge in [0.1, 0.15) is 11.5 Å². The third-order valence-corrected chi connectivity index (χ3v) is 5.50. The largest absolute Gasteiger partial charge is 0.497 e. The van der Waals surface area contributed by atoms with E-state index in [0.717, 1.165) is 36.3 Å². The number of ether oxygens (including phenoxy) is 2. The quantitative estimate of drug-likeness (QED) is 0.700. The van der Waals surface area contributed by atoms with Gasteiger partial charge in [-0.1, -0.05) is 32.0 Å². The molecular weight excluding hydrogens is 350 g/mol. The number of fused-ring (bicyclic) bond motifs is 1. The maximum Gasteiger partial charge on any atom is 0.261 e. The van der Waals surface area contributed by atoms with Crippen molar-refractivity contribution in [2.24, 2.45) is 0 Å². The second-order valence-electron chi connectivity index (χ2n) is 7.39.